The van der Waals surface area contributed by atoms with Crippen molar-refractivity contribution in [1.82, 2.24) is 0 Å². The molecule has 9 nitrogen and oxygen atoms in total. The van der Waals surface area contributed by atoms with Gasteiger partial charge >= 0.3 is 11.9 Å². The highest BCUT2D eigenvalue weighted by atomic mass is 16.7. The maximum absolute atomic E-state index is 12.7. The normalized spacial score (nSPS) is 19.1. The fraction of sp³-hybridized carbons (Fsp3) is 0.957. The van der Waals surface area contributed by atoms with E-state index in [-0.39, 0.29) is 38.2 Å². The third-order valence-electron chi connectivity index (χ3n) is 11.1. The zero-order chi connectivity index (χ0) is 40.0. The molecule has 0 aromatic heterocycles. The fourth-order valence-electron chi connectivity index (χ4n) is 7.38. The lowest BCUT2D eigenvalue weighted by molar-refractivity contribution is -0.275. The van der Waals surface area contributed by atoms with E-state index in [0.29, 0.717) is 6.42 Å². The van der Waals surface area contributed by atoms with Gasteiger partial charge in [-0.3, -0.25) is 9.59 Å². The number of carbonyl (C=O) groups excluding carboxylic acids is 2. The van der Waals surface area contributed by atoms with Gasteiger partial charge in [-0.05, 0) is 12.8 Å². The summed E-state index contributed by atoms with van der Waals surface area (Å²) < 4.78 is 22.1. The van der Waals surface area contributed by atoms with Crippen molar-refractivity contribution in [3.8, 4) is 0 Å². The first-order chi connectivity index (χ1) is 26.9. The lowest BCUT2D eigenvalue weighted by Crippen LogP contribution is -2.54. The van der Waals surface area contributed by atoms with Gasteiger partial charge in [0.05, 0.1) is 13.2 Å². The van der Waals surface area contributed by atoms with Crippen LogP contribution in [0.5, 0.6) is 0 Å². The summed E-state index contributed by atoms with van der Waals surface area (Å²) in [5, 5.41) is 30.0. The molecule has 0 aliphatic carbocycles. The summed E-state index contributed by atoms with van der Waals surface area (Å²) in [6.07, 6.45) is 34.9. The van der Waals surface area contributed by atoms with Crippen molar-refractivity contribution in [1.29, 1.82) is 0 Å². The van der Waals surface area contributed by atoms with Crippen LogP contribution in [0.2, 0.25) is 0 Å². The quantitative estimate of drug-likeness (QED) is 0.0410. The molecule has 9 heteroatoms. The summed E-state index contributed by atoms with van der Waals surface area (Å²) in [5.41, 5.74) is 0. The monoisotopic (exact) mass is 785 g/mol. The first kappa shape index (κ1) is 51.8. The van der Waals surface area contributed by atoms with Crippen LogP contribution in [0.3, 0.4) is 0 Å². The molecule has 0 radical (unpaired) electrons. The van der Waals surface area contributed by atoms with E-state index < -0.39 is 30.7 Å². The number of carbonyl (C=O) groups is 2. The molecule has 0 aromatic rings. The molecular formula is C46H88O9. The van der Waals surface area contributed by atoms with E-state index in [9.17, 15) is 24.9 Å². The number of rotatable bonds is 40. The number of hydrogen-bond acceptors (Lipinski definition) is 9. The van der Waals surface area contributed by atoms with Crippen molar-refractivity contribution in [2.45, 2.75) is 263 Å². The van der Waals surface area contributed by atoms with Crippen LogP contribution in [0.15, 0.2) is 0 Å². The molecule has 3 N–H and O–H groups in total. The van der Waals surface area contributed by atoms with Crippen LogP contribution in [0.25, 0.3) is 0 Å². The lowest BCUT2D eigenvalue weighted by Gasteiger charge is -2.35. The number of esters is 2. The molecule has 55 heavy (non-hydrogen) atoms. The topological polar surface area (TPSA) is 132 Å². The number of unbranched alkanes of at least 4 members (excludes halogenated alkanes) is 30. The van der Waals surface area contributed by atoms with Crippen molar-refractivity contribution in [3.05, 3.63) is 0 Å². The fourth-order valence-corrected chi connectivity index (χ4v) is 7.38. The molecule has 1 heterocycles. The largest absolute Gasteiger partial charge is 0.462 e. The standard InChI is InChI=1S/C46H88O9/c1-3-5-7-9-11-13-15-17-19-21-23-25-27-29-31-33-35-42(48)52-37-40(38-53-46-45(51)44(50)41(47)39-54-46)55-43(49)36-34-32-30-28-26-24-22-20-18-16-14-12-10-8-6-4-2/h40-41,44-47,50-51H,3-39H2,1-2H3/t40-,41-,44+,45-,46+/m1/s1. The van der Waals surface area contributed by atoms with E-state index >= 15 is 0 Å². The van der Waals surface area contributed by atoms with Crippen LogP contribution >= 0.6 is 0 Å². The smallest absolute Gasteiger partial charge is 0.306 e. The van der Waals surface area contributed by atoms with Gasteiger partial charge in [0.1, 0.15) is 24.9 Å². The average Bonchev–Trinajstić information content (AvgIpc) is 3.18. The van der Waals surface area contributed by atoms with Crippen LogP contribution in [0, 0.1) is 0 Å². The molecule has 1 rings (SSSR count). The van der Waals surface area contributed by atoms with Gasteiger partial charge in [0.15, 0.2) is 12.4 Å². The van der Waals surface area contributed by atoms with Crippen LogP contribution in [-0.2, 0) is 28.5 Å². The van der Waals surface area contributed by atoms with Gasteiger partial charge in [-0.15, -0.1) is 0 Å². The van der Waals surface area contributed by atoms with E-state index in [1.807, 2.05) is 0 Å². The number of aliphatic hydroxyl groups excluding tert-OH is 3. The van der Waals surface area contributed by atoms with Crippen molar-refractivity contribution in [2.75, 3.05) is 19.8 Å². The molecular weight excluding hydrogens is 696 g/mol. The third-order valence-corrected chi connectivity index (χ3v) is 11.1. The van der Waals surface area contributed by atoms with Crippen molar-refractivity contribution in [2.24, 2.45) is 0 Å². The van der Waals surface area contributed by atoms with Crippen LogP contribution in [-0.4, -0.2) is 77.8 Å². The Morgan fingerprint density at radius 3 is 1.22 bits per heavy atom. The van der Waals surface area contributed by atoms with Crippen LogP contribution < -0.4 is 0 Å². The molecule has 5 atom stereocenters. The first-order valence-corrected chi connectivity index (χ1v) is 23.5. The Hall–Kier alpha value is -1.26. The predicted octanol–water partition coefficient (Wildman–Crippen LogP) is 11.2. The number of aliphatic hydroxyl groups is 3. The molecule has 1 aliphatic heterocycles. The van der Waals surface area contributed by atoms with E-state index in [1.54, 1.807) is 0 Å². The summed E-state index contributed by atoms with van der Waals surface area (Å²) in [6.45, 7) is 4.00. The van der Waals surface area contributed by atoms with Crippen molar-refractivity contribution in [3.63, 3.8) is 0 Å². The molecule has 0 unspecified atom stereocenters. The summed E-state index contributed by atoms with van der Waals surface area (Å²) >= 11 is 0. The van der Waals surface area contributed by atoms with Gasteiger partial charge in [-0.1, -0.05) is 206 Å². The molecule has 326 valence electrons. The molecule has 0 amide bonds. The first-order valence-electron chi connectivity index (χ1n) is 23.5. The average molecular weight is 785 g/mol. The predicted molar refractivity (Wildman–Crippen MR) is 223 cm³/mol. The van der Waals surface area contributed by atoms with Gasteiger partial charge in [0, 0.05) is 12.8 Å². The molecule has 1 saturated heterocycles. The second kappa shape index (κ2) is 38.3. The Kier molecular flexibility index (Phi) is 36.0. The summed E-state index contributed by atoms with van der Waals surface area (Å²) in [7, 11) is 0. The highest BCUT2D eigenvalue weighted by Crippen LogP contribution is 2.19. The Balaban J connectivity index is 2.20. The summed E-state index contributed by atoms with van der Waals surface area (Å²) in [5.74, 6) is -0.718. The lowest BCUT2D eigenvalue weighted by atomic mass is 10.0. The third kappa shape index (κ3) is 31.4. The maximum atomic E-state index is 12.7. The number of hydrogen-bond donors (Lipinski definition) is 3. The van der Waals surface area contributed by atoms with Gasteiger partial charge in [-0.25, -0.2) is 0 Å². The maximum Gasteiger partial charge on any atom is 0.306 e. The highest BCUT2D eigenvalue weighted by molar-refractivity contribution is 5.70. The Bertz CT molecular complexity index is 855. The molecule has 1 aliphatic rings. The summed E-state index contributed by atoms with van der Waals surface area (Å²) in [6, 6.07) is 0. The minimum Gasteiger partial charge on any atom is -0.462 e. The molecule has 0 bridgehead atoms. The van der Waals surface area contributed by atoms with E-state index in [1.165, 1.54) is 167 Å². The second-order valence-electron chi connectivity index (χ2n) is 16.5. The summed E-state index contributed by atoms with van der Waals surface area (Å²) in [4.78, 5) is 25.2. The second-order valence-corrected chi connectivity index (χ2v) is 16.5. The van der Waals surface area contributed by atoms with Crippen molar-refractivity contribution >= 4 is 11.9 Å². The molecule has 0 aromatic carbocycles. The van der Waals surface area contributed by atoms with Crippen LogP contribution in [0.1, 0.15) is 232 Å². The molecule has 0 spiro atoms. The minimum atomic E-state index is -1.46. The van der Waals surface area contributed by atoms with E-state index in [2.05, 4.69) is 13.8 Å². The molecule has 0 saturated carbocycles. The SMILES string of the molecule is CCCCCCCCCCCCCCCCCCC(=O)OC[C@H](CO[C@H]1OC[C@@H](O)[C@H](O)[C@H]1O)OC(=O)CCCCCCCCCCCCCCCCCC. The van der Waals surface area contributed by atoms with Gasteiger partial charge in [0.25, 0.3) is 0 Å². The Labute approximate surface area is 337 Å². The van der Waals surface area contributed by atoms with Crippen LogP contribution in [0.4, 0.5) is 0 Å². The minimum absolute atomic E-state index is 0.156. The zero-order valence-electron chi connectivity index (χ0n) is 35.8. The van der Waals surface area contributed by atoms with Crippen molar-refractivity contribution < 1.29 is 43.9 Å². The van der Waals surface area contributed by atoms with Gasteiger partial charge in [0.2, 0.25) is 0 Å². The van der Waals surface area contributed by atoms with Gasteiger partial charge < -0.3 is 34.3 Å². The van der Waals surface area contributed by atoms with Gasteiger partial charge in [-0.2, -0.15) is 0 Å². The molecule has 1 fully saturated rings. The number of ether oxygens (including phenoxy) is 4. The Morgan fingerprint density at radius 1 is 0.491 bits per heavy atom. The Morgan fingerprint density at radius 2 is 0.836 bits per heavy atom. The van der Waals surface area contributed by atoms with E-state index in [4.69, 9.17) is 18.9 Å². The highest BCUT2D eigenvalue weighted by Gasteiger charge is 2.38. The zero-order valence-corrected chi connectivity index (χ0v) is 35.8. The van der Waals surface area contributed by atoms with E-state index in [0.717, 1.165) is 38.5 Å².